The van der Waals surface area contributed by atoms with Crippen LogP contribution in [0.5, 0.6) is 0 Å². The molecule has 0 saturated carbocycles. The first kappa shape index (κ1) is 11.8. The minimum absolute atomic E-state index is 0.497. The van der Waals surface area contributed by atoms with Crippen LogP contribution in [0.3, 0.4) is 0 Å². The fourth-order valence-electron chi connectivity index (χ4n) is 2.25. The molecule has 0 amide bonds. The van der Waals surface area contributed by atoms with Gasteiger partial charge in [0, 0.05) is 6.20 Å². The average molecular weight is 303 g/mol. The summed E-state index contributed by atoms with van der Waals surface area (Å²) in [7, 11) is 0. The Morgan fingerprint density at radius 1 is 1.10 bits per heavy atom. The number of benzene rings is 1. The van der Waals surface area contributed by atoms with E-state index >= 15 is 0 Å². The molecule has 0 bridgehead atoms. The van der Waals surface area contributed by atoms with Gasteiger partial charge in [-0.3, -0.25) is 0 Å². The van der Waals surface area contributed by atoms with Crippen molar-refractivity contribution in [2.75, 3.05) is 0 Å². The van der Waals surface area contributed by atoms with Gasteiger partial charge in [-0.15, -0.1) is 0 Å². The van der Waals surface area contributed by atoms with Gasteiger partial charge >= 0.3 is 0 Å². The van der Waals surface area contributed by atoms with Gasteiger partial charge in [0.2, 0.25) is 0 Å². The fraction of sp³-hybridized carbons (Fsp3) is 0. The number of hydrogen-bond acceptors (Lipinski definition) is 2. The van der Waals surface area contributed by atoms with Crippen LogP contribution in [0.1, 0.15) is 0 Å². The summed E-state index contributed by atoms with van der Waals surface area (Å²) in [6.45, 7) is 0. The molecule has 0 spiro atoms. The van der Waals surface area contributed by atoms with Gasteiger partial charge in [-0.1, -0.05) is 29.3 Å². The minimum atomic E-state index is 0.497. The van der Waals surface area contributed by atoms with E-state index in [4.69, 9.17) is 23.2 Å². The summed E-state index contributed by atoms with van der Waals surface area (Å²) in [6, 6.07) is 9.43. The number of imidazole rings is 1. The third-order valence-corrected chi connectivity index (χ3v) is 3.93. The Morgan fingerprint density at radius 3 is 2.85 bits per heavy atom. The molecule has 0 aliphatic carbocycles. The lowest BCUT2D eigenvalue weighted by molar-refractivity contribution is 0.961. The summed E-state index contributed by atoms with van der Waals surface area (Å²) < 4.78 is 1.81. The predicted molar refractivity (Wildman–Crippen MR) is 80.3 cm³/mol. The van der Waals surface area contributed by atoms with E-state index < -0.39 is 0 Å². The van der Waals surface area contributed by atoms with Gasteiger partial charge in [0.15, 0.2) is 0 Å². The molecule has 4 nitrogen and oxygen atoms in total. The molecule has 0 fully saturated rings. The van der Waals surface area contributed by atoms with E-state index in [1.54, 1.807) is 18.3 Å². The first-order valence-electron chi connectivity index (χ1n) is 6.00. The van der Waals surface area contributed by atoms with Gasteiger partial charge in [0.1, 0.15) is 5.82 Å². The molecular weight excluding hydrogens is 295 g/mol. The van der Waals surface area contributed by atoms with Crippen molar-refractivity contribution in [3.05, 3.63) is 52.8 Å². The van der Waals surface area contributed by atoms with Gasteiger partial charge in [-0.05, 0) is 24.3 Å². The molecule has 0 aliphatic rings. The predicted octanol–water partition coefficient (Wildman–Crippen LogP) is 4.18. The lowest BCUT2D eigenvalue weighted by Crippen LogP contribution is -1.84. The van der Waals surface area contributed by atoms with Gasteiger partial charge in [-0.2, -0.15) is 5.10 Å². The smallest absolute Gasteiger partial charge is 0.142 e. The highest BCUT2D eigenvalue weighted by atomic mass is 35.5. The minimum Gasteiger partial charge on any atom is -0.338 e. The van der Waals surface area contributed by atoms with Crippen molar-refractivity contribution in [3.8, 4) is 11.4 Å². The second-order valence-electron chi connectivity index (χ2n) is 4.46. The van der Waals surface area contributed by atoms with Gasteiger partial charge < -0.3 is 4.98 Å². The molecule has 20 heavy (non-hydrogen) atoms. The van der Waals surface area contributed by atoms with Crippen LogP contribution < -0.4 is 0 Å². The molecule has 3 aromatic heterocycles. The summed E-state index contributed by atoms with van der Waals surface area (Å²) in [5, 5.41) is 5.31. The number of pyridine rings is 1. The van der Waals surface area contributed by atoms with E-state index in [-0.39, 0.29) is 0 Å². The van der Waals surface area contributed by atoms with E-state index in [9.17, 15) is 0 Å². The molecule has 0 atom stereocenters. The lowest BCUT2D eigenvalue weighted by atomic mass is 10.2. The third kappa shape index (κ3) is 1.69. The number of aromatic nitrogens is 4. The molecule has 4 aromatic rings. The molecule has 0 unspecified atom stereocenters. The standard InChI is InChI=1S/C14H8Cl2N4/c15-9-5-11-12(6-10(9)16)19-14(18-11)8-7-17-20-4-2-1-3-13(8)20/h1-7H,(H,18,19). The monoisotopic (exact) mass is 302 g/mol. The second-order valence-corrected chi connectivity index (χ2v) is 5.27. The molecule has 0 saturated heterocycles. The molecule has 0 radical (unpaired) electrons. The normalized spacial score (nSPS) is 11.5. The summed E-state index contributed by atoms with van der Waals surface area (Å²) in [5.74, 6) is 0.750. The largest absolute Gasteiger partial charge is 0.338 e. The topological polar surface area (TPSA) is 46.0 Å². The quantitative estimate of drug-likeness (QED) is 0.573. The van der Waals surface area contributed by atoms with E-state index in [0.29, 0.717) is 10.0 Å². The third-order valence-electron chi connectivity index (χ3n) is 3.21. The zero-order chi connectivity index (χ0) is 13.7. The molecule has 3 heterocycles. The number of fused-ring (bicyclic) bond motifs is 2. The highest BCUT2D eigenvalue weighted by Crippen LogP contribution is 2.29. The second kappa shape index (κ2) is 4.23. The van der Waals surface area contributed by atoms with Crippen LogP contribution >= 0.6 is 23.2 Å². The maximum atomic E-state index is 6.02. The van der Waals surface area contributed by atoms with Crippen LogP contribution in [-0.2, 0) is 0 Å². The molecule has 4 rings (SSSR count). The Morgan fingerprint density at radius 2 is 1.95 bits per heavy atom. The summed E-state index contributed by atoms with van der Waals surface area (Å²) in [6.07, 6.45) is 3.69. The van der Waals surface area contributed by atoms with E-state index in [2.05, 4.69) is 15.1 Å². The molecule has 0 aliphatic heterocycles. The van der Waals surface area contributed by atoms with Crippen molar-refractivity contribution >= 4 is 39.8 Å². The zero-order valence-corrected chi connectivity index (χ0v) is 11.7. The number of rotatable bonds is 1. The van der Waals surface area contributed by atoms with Crippen molar-refractivity contribution in [2.24, 2.45) is 0 Å². The maximum Gasteiger partial charge on any atom is 0.142 e. The first-order valence-corrected chi connectivity index (χ1v) is 6.75. The highest BCUT2D eigenvalue weighted by Gasteiger charge is 2.12. The van der Waals surface area contributed by atoms with Gasteiger partial charge in [0.05, 0.1) is 38.4 Å². The molecule has 98 valence electrons. The summed E-state index contributed by atoms with van der Waals surface area (Å²) in [4.78, 5) is 7.81. The van der Waals surface area contributed by atoms with Crippen LogP contribution in [0, 0.1) is 0 Å². The number of aromatic amines is 1. The van der Waals surface area contributed by atoms with Crippen LogP contribution in [0.15, 0.2) is 42.7 Å². The molecule has 6 heteroatoms. The Labute approximate surface area is 124 Å². The Hall–Kier alpha value is -2.04. The molecule has 1 aromatic carbocycles. The van der Waals surface area contributed by atoms with Crippen molar-refractivity contribution < 1.29 is 0 Å². The molecule has 1 N–H and O–H groups in total. The van der Waals surface area contributed by atoms with E-state index in [1.165, 1.54) is 0 Å². The average Bonchev–Trinajstić information content (AvgIpc) is 3.02. The molecular formula is C14H8Cl2N4. The van der Waals surface area contributed by atoms with Crippen molar-refractivity contribution in [1.82, 2.24) is 19.6 Å². The van der Waals surface area contributed by atoms with E-state index in [1.807, 2.05) is 28.9 Å². The zero-order valence-electron chi connectivity index (χ0n) is 10.1. The Bertz CT molecular complexity index is 900. The van der Waals surface area contributed by atoms with Gasteiger partial charge in [0.25, 0.3) is 0 Å². The lowest BCUT2D eigenvalue weighted by Gasteiger charge is -1.94. The van der Waals surface area contributed by atoms with Crippen LogP contribution in [-0.4, -0.2) is 19.6 Å². The first-order chi connectivity index (χ1) is 9.72. The summed E-state index contributed by atoms with van der Waals surface area (Å²) in [5.41, 5.74) is 3.56. The van der Waals surface area contributed by atoms with Crippen molar-refractivity contribution in [1.29, 1.82) is 0 Å². The van der Waals surface area contributed by atoms with Crippen molar-refractivity contribution in [2.45, 2.75) is 0 Å². The van der Waals surface area contributed by atoms with Crippen LogP contribution in [0.2, 0.25) is 10.0 Å². The number of nitrogens with zero attached hydrogens (tertiary/aromatic N) is 3. The van der Waals surface area contributed by atoms with Crippen LogP contribution in [0.25, 0.3) is 27.9 Å². The van der Waals surface area contributed by atoms with Crippen molar-refractivity contribution in [3.63, 3.8) is 0 Å². The Kier molecular flexibility index (Phi) is 2.49. The van der Waals surface area contributed by atoms with Gasteiger partial charge in [-0.25, -0.2) is 9.50 Å². The SMILES string of the molecule is Clc1cc2nc(-c3cnn4ccccc34)[nH]c2cc1Cl. The summed E-state index contributed by atoms with van der Waals surface area (Å²) >= 11 is 12.0. The number of H-pyrrole nitrogens is 1. The number of nitrogens with one attached hydrogen (secondary N) is 1. The highest BCUT2D eigenvalue weighted by molar-refractivity contribution is 6.42. The maximum absolute atomic E-state index is 6.02. The number of hydrogen-bond donors (Lipinski definition) is 1. The fourth-order valence-corrected chi connectivity index (χ4v) is 2.57. The van der Waals surface area contributed by atoms with Crippen LogP contribution in [0.4, 0.5) is 0 Å². The Balaban J connectivity index is 1.98. The van der Waals surface area contributed by atoms with E-state index in [0.717, 1.165) is 27.9 Å². The number of halogens is 2.